The number of rotatable bonds is 4. The van der Waals surface area contributed by atoms with Crippen LogP contribution in [0.15, 0.2) is 23.4 Å². The number of oxime groups is 1. The number of hydrogen-bond acceptors (Lipinski definition) is 4. The second-order valence-corrected chi connectivity index (χ2v) is 7.13. The van der Waals surface area contributed by atoms with E-state index in [9.17, 15) is 8.42 Å². The summed E-state index contributed by atoms with van der Waals surface area (Å²) in [6.07, 6.45) is 3.12. The standard InChI is InChI=1S/C12H16ClN3O3S/c13-8-5-6-10(12(14)15-17)11(7-8)16-20(18,19)9-3-1-2-4-9/h5-7,9,16-17H,1-4H2,(H2,14,15). The van der Waals surface area contributed by atoms with Gasteiger partial charge in [-0.15, -0.1) is 0 Å². The van der Waals surface area contributed by atoms with Gasteiger partial charge in [0.25, 0.3) is 0 Å². The van der Waals surface area contributed by atoms with E-state index in [0.717, 1.165) is 12.8 Å². The Labute approximate surface area is 122 Å². The fourth-order valence-corrected chi connectivity index (χ4v) is 4.08. The van der Waals surface area contributed by atoms with E-state index in [4.69, 9.17) is 22.5 Å². The van der Waals surface area contributed by atoms with Crippen LogP contribution in [0.5, 0.6) is 0 Å². The number of hydrogen-bond donors (Lipinski definition) is 3. The molecule has 1 aliphatic rings. The molecule has 0 aromatic heterocycles. The van der Waals surface area contributed by atoms with E-state index in [1.165, 1.54) is 12.1 Å². The van der Waals surface area contributed by atoms with Crippen molar-refractivity contribution in [2.45, 2.75) is 30.9 Å². The number of sulfonamides is 1. The van der Waals surface area contributed by atoms with Gasteiger partial charge in [0.1, 0.15) is 0 Å². The summed E-state index contributed by atoms with van der Waals surface area (Å²) in [5.74, 6) is -0.175. The molecular weight excluding hydrogens is 302 g/mol. The normalized spacial score (nSPS) is 17.4. The summed E-state index contributed by atoms with van der Waals surface area (Å²) in [4.78, 5) is 0. The lowest BCUT2D eigenvalue weighted by atomic mass is 10.1. The maximum Gasteiger partial charge on any atom is 0.235 e. The quantitative estimate of drug-likeness (QED) is 0.342. The topological polar surface area (TPSA) is 105 Å². The highest BCUT2D eigenvalue weighted by atomic mass is 35.5. The number of benzene rings is 1. The minimum Gasteiger partial charge on any atom is -0.409 e. The van der Waals surface area contributed by atoms with Crippen molar-refractivity contribution in [3.63, 3.8) is 0 Å². The second kappa shape index (κ2) is 5.88. The molecule has 0 amide bonds. The summed E-state index contributed by atoms with van der Waals surface area (Å²) in [6.45, 7) is 0. The fourth-order valence-electron chi connectivity index (χ4n) is 2.31. The van der Waals surface area contributed by atoms with Crippen LogP contribution in [0.3, 0.4) is 0 Å². The molecule has 8 heteroatoms. The van der Waals surface area contributed by atoms with E-state index in [1.807, 2.05) is 0 Å². The van der Waals surface area contributed by atoms with Gasteiger partial charge in [0.2, 0.25) is 10.0 Å². The van der Waals surface area contributed by atoms with E-state index in [-0.39, 0.29) is 11.5 Å². The first-order valence-electron chi connectivity index (χ1n) is 6.23. The van der Waals surface area contributed by atoms with Crippen LogP contribution in [0, 0.1) is 0 Å². The first kappa shape index (κ1) is 14.9. The fraction of sp³-hybridized carbons (Fsp3) is 0.417. The number of nitrogens with one attached hydrogen (secondary N) is 1. The van der Waals surface area contributed by atoms with Crippen LogP contribution in [0.4, 0.5) is 5.69 Å². The molecule has 1 saturated carbocycles. The first-order chi connectivity index (χ1) is 9.44. The molecule has 0 radical (unpaired) electrons. The van der Waals surface area contributed by atoms with Gasteiger partial charge in [0.05, 0.1) is 10.9 Å². The Hall–Kier alpha value is -1.47. The minimum absolute atomic E-state index is 0.175. The molecule has 1 aromatic carbocycles. The molecule has 20 heavy (non-hydrogen) atoms. The average molecular weight is 318 g/mol. The van der Waals surface area contributed by atoms with Gasteiger partial charge >= 0.3 is 0 Å². The van der Waals surface area contributed by atoms with Gasteiger partial charge in [-0.05, 0) is 31.0 Å². The highest BCUT2D eigenvalue weighted by molar-refractivity contribution is 7.93. The van der Waals surface area contributed by atoms with Gasteiger partial charge in [-0.2, -0.15) is 0 Å². The van der Waals surface area contributed by atoms with Crippen molar-refractivity contribution in [1.29, 1.82) is 0 Å². The van der Waals surface area contributed by atoms with Gasteiger partial charge < -0.3 is 10.9 Å². The van der Waals surface area contributed by atoms with Crippen LogP contribution in [-0.2, 0) is 10.0 Å². The van der Waals surface area contributed by atoms with Crippen molar-refractivity contribution in [3.8, 4) is 0 Å². The van der Waals surface area contributed by atoms with Crippen LogP contribution >= 0.6 is 11.6 Å². The lowest BCUT2D eigenvalue weighted by Crippen LogP contribution is -2.27. The van der Waals surface area contributed by atoms with Crippen LogP contribution in [0.2, 0.25) is 5.02 Å². The van der Waals surface area contributed by atoms with Gasteiger partial charge in [-0.1, -0.05) is 29.6 Å². The third-order valence-corrected chi connectivity index (χ3v) is 5.45. The summed E-state index contributed by atoms with van der Waals surface area (Å²) < 4.78 is 27.1. The van der Waals surface area contributed by atoms with Gasteiger partial charge in [0, 0.05) is 10.6 Å². The zero-order valence-corrected chi connectivity index (χ0v) is 12.3. The molecule has 2 rings (SSSR count). The zero-order valence-electron chi connectivity index (χ0n) is 10.7. The molecular formula is C12H16ClN3O3S. The Morgan fingerprint density at radius 2 is 2.05 bits per heavy atom. The third-order valence-electron chi connectivity index (χ3n) is 3.36. The Balaban J connectivity index is 2.35. The minimum atomic E-state index is -3.49. The van der Waals surface area contributed by atoms with Crippen LogP contribution in [0.1, 0.15) is 31.2 Å². The SMILES string of the molecule is N/C(=N/O)c1ccc(Cl)cc1NS(=O)(=O)C1CCCC1. The predicted molar refractivity (Wildman–Crippen MR) is 78.8 cm³/mol. The van der Waals surface area contributed by atoms with Crippen molar-refractivity contribution in [2.24, 2.45) is 10.9 Å². The van der Waals surface area contributed by atoms with Gasteiger partial charge in [-0.3, -0.25) is 4.72 Å². The number of halogens is 1. The molecule has 0 bridgehead atoms. The summed E-state index contributed by atoms with van der Waals surface area (Å²) in [7, 11) is -3.49. The van der Waals surface area contributed by atoms with Crippen molar-refractivity contribution in [1.82, 2.24) is 0 Å². The Morgan fingerprint density at radius 3 is 2.65 bits per heavy atom. The number of nitrogens with two attached hydrogens (primary N) is 1. The average Bonchev–Trinajstić information content (AvgIpc) is 2.92. The first-order valence-corrected chi connectivity index (χ1v) is 8.15. The molecule has 0 spiro atoms. The van der Waals surface area contributed by atoms with Crippen molar-refractivity contribution in [2.75, 3.05) is 4.72 Å². The molecule has 0 atom stereocenters. The molecule has 0 heterocycles. The monoisotopic (exact) mass is 317 g/mol. The van der Waals surface area contributed by atoms with Crippen molar-refractivity contribution >= 4 is 33.1 Å². The van der Waals surface area contributed by atoms with E-state index >= 15 is 0 Å². The second-order valence-electron chi connectivity index (χ2n) is 4.73. The summed E-state index contributed by atoms with van der Waals surface area (Å²) >= 11 is 5.88. The highest BCUT2D eigenvalue weighted by Gasteiger charge is 2.29. The molecule has 0 saturated heterocycles. The third kappa shape index (κ3) is 3.16. The van der Waals surface area contributed by atoms with E-state index in [2.05, 4.69) is 9.88 Å². The molecule has 0 unspecified atom stereocenters. The lowest BCUT2D eigenvalue weighted by Gasteiger charge is -2.16. The Bertz CT molecular complexity index is 625. The van der Waals surface area contributed by atoms with Crippen LogP contribution in [0.25, 0.3) is 0 Å². The van der Waals surface area contributed by atoms with E-state index in [0.29, 0.717) is 23.4 Å². The predicted octanol–water partition coefficient (Wildman–Crippen LogP) is 2.12. The maximum atomic E-state index is 12.3. The number of nitrogens with zero attached hydrogens (tertiary/aromatic N) is 1. The number of amidine groups is 1. The Morgan fingerprint density at radius 1 is 1.40 bits per heavy atom. The molecule has 110 valence electrons. The molecule has 1 aliphatic carbocycles. The summed E-state index contributed by atoms with van der Waals surface area (Å²) in [5.41, 5.74) is 6.05. The molecule has 1 fully saturated rings. The zero-order chi connectivity index (χ0) is 14.8. The lowest BCUT2D eigenvalue weighted by molar-refractivity contribution is 0.318. The summed E-state index contributed by atoms with van der Waals surface area (Å²) in [5, 5.41) is 11.6. The highest BCUT2D eigenvalue weighted by Crippen LogP contribution is 2.28. The maximum absolute atomic E-state index is 12.3. The molecule has 0 aliphatic heterocycles. The van der Waals surface area contributed by atoms with Crippen LogP contribution < -0.4 is 10.5 Å². The van der Waals surface area contributed by atoms with Crippen LogP contribution in [-0.4, -0.2) is 24.7 Å². The molecule has 1 aromatic rings. The van der Waals surface area contributed by atoms with E-state index < -0.39 is 15.3 Å². The smallest absolute Gasteiger partial charge is 0.235 e. The molecule has 6 nitrogen and oxygen atoms in total. The summed E-state index contributed by atoms with van der Waals surface area (Å²) in [6, 6.07) is 4.49. The molecule has 4 N–H and O–H groups in total. The number of anilines is 1. The van der Waals surface area contributed by atoms with Crippen molar-refractivity contribution < 1.29 is 13.6 Å². The van der Waals surface area contributed by atoms with Gasteiger partial charge in [0.15, 0.2) is 5.84 Å². The van der Waals surface area contributed by atoms with Gasteiger partial charge in [-0.25, -0.2) is 8.42 Å². The van der Waals surface area contributed by atoms with Crippen molar-refractivity contribution in [3.05, 3.63) is 28.8 Å². The Kier molecular flexibility index (Phi) is 4.39. The van der Waals surface area contributed by atoms with E-state index in [1.54, 1.807) is 6.07 Å². The largest absolute Gasteiger partial charge is 0.409 e.